The summed E-state index contributed by atoms with van der Waals surface area (Å²) in [6.07, 6.45) is 0. The van der Waals surface area contributed by atoms with Crippen LogP contribution in [0.25, 0.3) is 55.6 Å². The summed E-state index contributed by atoms with van der Waals surface area (Å²) in [4.78, 5) is 16.3. The van der Waals surface area contributed by atoms with Gasteiger partial charge in [-0.3, -0.25) is 9.36 Å². The highest BCUT2D eigenvalue weighted by Gasteiger charge is 2.21. The molecular formula is C34H28Cl4N6O3. The topological polar surface area (TPSA) is 101 Å². The summed E-state index contributed by atoms with van der Waals surface area (Å²) < 4.78 is 13.4. The normalized spacial score (nSPS) is 10.9. The first-order valence-electron chi connectivity index (χ1n) is 13.8. The molecule has 240 valence electrons. The summed E-state index contributed by atoms with van der Waals surface area (Å²) in [6, 6.07) is 22.2. The van der Waals surface area contributed by atoms with Gasteiger partial charge in [-0.05, 0) is 31.2 Å². The van der Waals surface area contributed by atoms with Gasteiger partial charge in [-0.2, -0.15) is 15.2 Å². The smallest absolute Gasteiger partial charge is 0.356 e. The fourth-order valence-electron chi connectivity index (χ4n) is 5.27. The molecule has 0 amide bonds. The van der Waals surface area contributed by atoms with Crippen molar-refractivity contribution in [3.63, 3.8) is 0 Å². The molecule has 7 rings (SSSR count). The minimum atomic E-state index is -0.427. The van der Waals surface area contributed by atoms with Crippen molar-refractivity contribution in [2.75, 3.05) is 7.11 Å². The van der Waals surface area contributed by atoms with Gasteiger partial charge in [0, 0.05) is 67.2 Å². The summed E-state index contributed by atoms with van der Waals surface area (Å²) in [5.41, 5.74) is 6.13. The van der Waals surface area contributed by atoms with Gasteiger partial charge in [0.2, 0.25) is 0 Å². The molecular weight excluding hydrogens is 682 g/mol. The lowest BCUT2D eigenvalue weighted by Gasteiger charge is -2.06. The van der Waals surface area contributed by atoms with Gasteiger partial charge in [-0.15, -0.1) is 0 Å². The van der Waals surface area contributed by atoms with Gasteiger partial charge in [0.05, 0.1) is 7.11 Å². The number of carbonyl (C=O) groups is 1. The molecule has 13 heteroatoms. The van der Waals surface area contributed by atoms with Crippen LogP contribution < -0.4 is 0 Å². The summed E-state index contributed by atoms with van der Waals surface area (Å²) >= 11 is 24.6. The van der Waals surface area contributed by atoms with Gasteiger partial charge >= 0.3 is 5.97 Å². The number of esters is 1. The molecule has 0 atom stereocenters. The van der Waals surface area contributed by atoms with Crippen molar-refractivity contribution in [2.24, 2.45) is 14.1 Å². The van der Waals surface area contributed by atoms with Gasteiger partial charge in [-0.25, -0.2) is 4.79 Å². The maximum absolute atomic E-state index is 11.9. The number of aromatic nitrogens is 6. The predicted molar refractivity (Wildman–Crippen MR) is 188 cm³/mol. The number of nitrogens with zero attached hydrogens (tertiary/aromatic N) is 6. The molecule has 0 bridgehead atoms. The van der Waals surface area contributed by atoms with Crippen molar-refractivity contribution < 1.29 is 14.1 Å². The Hall–Kier alpha value is -4.41. The van der Waals surface area contributed by atoms with E-state index in [1.54, 1.807) is 36.9 Å². The van der Waals surface area contributed by atoms with Gasteiger partial charge in [0.1, 0.15) is 16.7 Å². The molecule has 9 nitrogen and oxygen atoms in total. The van der Waals surface area contributed by atoms with E-state index < -0.39 is 5.97 Å². The largest absolute Gasteiger partial charge is 0.464 e. The fraction of sp³-hybridized carbons (Fsp3) is 0.147. The van der Waals surface area contributed by atoms with E-state index in [9.17, 15) is 4.79 Å². The Morgan fingerprint density at radius 2 is 1.28 bits per heavy atom. The standard InChI is InChI=1S/C17H12Cl2N4O.C16H12Cl2N2O2.CH4/c1-9-20-17(24-22-9)16-13-5-3-4-12(15(13)21-23(16)2)11-7-6-10(18)8-14(11)19;1-20-15(16(21)22-2)12-5-3-4-11(14(12)19-20)10-7-6-9(17)8-13(10)18;/h3-8H,1-2H3;3-8H,1-2H3;1H4. The van der Waals surface area contributed by atoms with E-state index in [0.717, 1.165) is 44.2 Å². The zero-order valence-corrected chi connectivity index (χ0v) is 27.9. The number of fused-ring (bicyclic) bond motifs is 2. The monoisotopic (exact) mass is 708 g/mol. The number of hydrogen-bond acceptors (Lipinski definition) is 7. The molecule has 47 heavy (non-hydrogen) atoms. The molecule has 0 spiro atoms. The highest BCUT2D eigenvalue weighted by atomic mass is 35.5. The van der Waals surface area contributed by atoms with Crippen LogP contribution in [0.3, 0.4) is 0 Å². The number of rotatable bonds is 4. The average Bonchev–Trinajstić information content (AvgIpc) is 3.70. The van der Waals surface area contributed by atoms with Crippen LogP contribution >= 0.6 is 46.4 Å². The predicted octanol–water partition coefficient (Wildman–Crippen LogP) is 9.88. The third-order valence-electron chi connectivity index (χ3n) is 7.28. The maximum atomic E-state index is 11.9. The summed E-state index contributed by atoms with van der Waals surface area (Å²) in [5.74, 6) is 0.595. The molecule has 0 saturated carbocycles. The lowest BCUT2D eigenvalue weighted by molar-refractivity contribution is 0.0590. The van der Waals surface area contributed by atoms with Gasteiger partial charge in [0.15, 0.2) is 11.5 Å². The minimum absolute atomic E-state index is 0. The first kappa shape index (κ1) is 33.9. The molecule has 0 radical (unpaired) electrons. The van der Waals surface area contributed by atoms with Crippen molar-refractivity contribution in [2.45, 2.75) is 14.4 Å². The number of hydrogen-bond donors (Lipinski definition) is 0. The van der Waals surface area contributed by atoms with E-state index in [4.69, 9.17) is 55.7 Å². The Balaban J connectivity index is 0.000000181. The first-order valence-corrected chi connectivity index (χ1v) is 15.3. The Bertz CT molecular complexity index is 2270. The molecule has 0 saturated heterocycles. The highest BCUT2D eigenvalue weighted by Crippen LogP contribution is 2.38. The van der Waals surface area contributed by atoms with Crippen molar-refractivity contribution in [1.29, 1.82) is 0 Å². The number of halogens is 4. The molecule has 0 aliphatic rings. The summed E-state index contributed by atoms with van der Waals surface area (Å²) in [7, 11) is 4.91. The van der Waals surface area contributed by atoms with Crippen molar-refractivity contribution in [1.82, 2.24) is 29.7 Å². The molecule has 0 unspecified atom stereocenters. The number of benzene rings is 4. The van der Waals surface area contributed by atoms with Crippen LogP contribution in [0.1, 0.15) is 23.7 Å². The van der Waals surface area contributed by atoms with E-state index in [1.165, 1.54) is 11.8 Å². The van der Waals surface area contributed by atoms with Crippen LogP contribution in [0.2, 0.25) is 20.1 Å². The average molecular weight is 710 g/mol. The second-order valence-electron chi connectivity index (χ2n) is 10.2. The quantitative estimate of drug-likeness (QED) is 0.168. The summed E-state index contributed by atoms with van der Waals surface area (Å²) in [5, 5.41) is 16.9. The Morgan fingerprint density at radius 1 is 0.745 bits per heavy atom. The highest BCUT2D eigenvalue weighted by molar-refractivity contribution is 6.37. The Kier molecular flexibility index (Phi) is 9.93. The lowest BCUT2D eigenvalue weighted by atomic mass is 10.0. The number of methoxy groups -OCH3 is 1. The summed E-state index contributed by atoms with van der Waals surface area (Å²) in [6.45, 7) is 1.78. The van der Waals surface area contributed by atoms with Gasteiger partial charge in [-0.1, -0.05) is 108 Å². The zero-order valence-electron chi connectivity index (χ0n) is 24.8. The zero-order chi connectivity index (χ0) is 32.7. The van der Waals surface area contributed by atoms with Crippen LogP contribution in [-0.2, 0) is 18.8 Å². The Labute approximate surface area is 290 Å². The van der Waals surface area contributed by atoms with E-state index in [2.05, 4.69) is 20.3 Å². The lowest BCUT2D eigenvalue weighted by Crippen LogP contribution is -2.08. The van der Waals surface area contributed by atoms with Crippen LogP contribution in [-0.4, -0.2) is 42.8 Å². The first-order chi connectivity index (χ1) is 22.1. The van der Waals surface area contributed by atoms with Crippen LogP contribution in [0.4, 0.5) is 0 Å². The second kappa shape index (κ2) is 13.8. The SMILES string of the molecule is C.COC(=O)c1c2cccc(-c3ccc(Cl)cc3Cl)c2nn1C.Cc1noc(-c2c3cccc(-c4ccc(Cl)cc4Cl)c3nn2C)n1. The molecule has 0 N–H and O–H groups in total. The van der Waals surface area contributed by atoms with Gasteiger partial charge in [0.25, 0.3) is 5.89 Å². The molecule has 4 aromatic carbocycles. The molecule has 3 aromatic heterocycles. The fourth-order valence-corrected chi connectivity index (χ4v) is 6.29. The number of aryl methyl sites for hydroxylation is 3. The maximum Gasteiger partial charge on any atom is 0.356 e. The van der Waals surface area contributed by atoms with Crippen LogP contribution in [0, 0.1) is 6.92 Å². The van der Waals surface area contributed by atoms with E-state index in [0.29, 0.717) is 43.0 Å². The minimum Gasteiger partial charge on any atom is -0.464 e. The molecule has 0 aliphatic carbocycles. The van der Waals surface area contributed by atoms with Crippen molar-refractivity contribution in [3.8, 4) is 33.8 Å². The number of carbonyl (C=O) groups excluding carboxylic acids is 1. The van der Waals surface area contributed by atoms with Crippen LogP contribution in [0.15, 0.2) is 77.3 Å². The second-order valence-corrected chi connectivity index (χ2v) is 11.9. The Morgan fingerprint density at radius 3 is 1.79 bits per heavy atom. The van der Waals surface area contributed by atoms with E-state index in [-0.39, 0.29) is 7.43 Å². The van der Waals surface area contributed by atoms with Crippen LogP contribution in [0.5, 0.6) is 0 Å². The van der Waals surface area contributed by atoms with Crippen molar-refractivity contribution >= 4 is 74.2 Å². The van der Waals surface area contributed by atoms with E-state index in [1.807, 2.05) is 61.6 Å². The van der Waals surface area contributed by atoms with Gasteiger partial charge < -0.3 is 9.26 Å². The van der Waals surface area contributed by atoms with Crippen molar-refractivity contribution in [3.05, 3.63) is 104 Å². The molecule has 3 heterocycles. The van der Waals surface area contributed by atoms with E-state index >= 15 is 0 Å². The number of ether oxygens (including phenoxy) is 1. The third-order valence-corrected chi connectivity index (χ3v) is 8.38. The molecule has 7 aromatic rings. The third kappa shape index (κ3) is 6.44. The molecule has 0 aliphatic heterocycles. The molecule has 0 fully saturated rings.